The van der Waals surface area contributed by atoms with Gasteiger partial charge >= 0.3 is 0 Å². The normalized spacial score (nSPS) is 15.8. The van der Waals surface area contributed by atoms with E-state index in [1.165, 1.54) is 11.3 Å². The molecule has 9 heteroatoms. The molecular formula is C16H17N5O2S2. The first-order valence-corrected chi connectivity index (χ1v) is 9.66. The van der Waals surface area contributed by atoms with E-state index in [0.29, 0.717) is 58.4 Å². The second kappa shape index (κ2) is 6.25. The molecule has 7 nitrogen and oxygen atoms in total. The van der Waals surface area contributed by atoms with Gasteiger partial charge in [-0.1, -0.05) is 0 Å². The predicted molar refractivity (Wildman–Crippen MR) is 101 cm³/mol. The van der Waals surface area contributed by atoms with Gasteiger partial charge in [0.15, 0.2) is 0 Å². The molecule has 3 aromatic heterocycles. The second-order valence-electron chi connectivity index (χ2n) is 5.99. The molecule has 25 heavy (non-hydrogen) atoms. The quantitative estimate of drug-likeness (QED) is 0.645. The molecule has 1 aliphatic heterocycles. The topological polar surface area (TPSA) is 118 Å². The highest BCUT2D eigenvalue weighted by molar-refractivity contribution is 7.21. The number of thiophene rings is 2. The summed E-state index contributed by atoms with van der Waals surface area (Å²) in [5, 5.41) is 14.4. The van der Waals surface area contributed by atoms with Crippen LogP contribution in [0.25, 0.3) is 21.5 Å². The number of hydrogen-bond acceptors (Lipinski definition) is 8. The molecule has 1 saturated heterocycles. The molecule has 0 spiro atoms. The van der Waals surface area contributed by atoms with Gasteiger partial charge in [-0.3, -0.25) is 4.79 Å². The fraction of sp³-hybridized carbons (Fsp3) is 0.312. The van der Waals surface area contributed by atoms with Crippen LogP contribution in [0.15, 0.2) is 16.8 Å². The van der Waals surface area contributed by atoms with Crippen molar-refractivity contribution in [1.29, 1.82) is 0 Å². The van der Waals surface area contributed by atoms with E-state index < -0.39 is 5.91 Å². The third kappa shape index (κ3) is 2.84. The van der Waals surface area contributed by atoms with Gasteiger partial charge in [0.25, 0.3) is 5.91 Å². The summed E-state index contributed by atoms with van der Waals surface area (Å²) >= 11 is 2.77. The molecule has 0 aliphatic carbocycles. The van der Waals surface area contributed by atoms with Gasteiger partial charge in [-0.15, -0.1) is 11.3 Å². The Morgan fingerprint density at radius 1 is 1.32 bits per heavy atom. The van der Waals surface area contributed by atoms with Crippen LogP contribution in [-0.2, 0) is 0 Å². The number of anilines is 2. The molecule has 0 atom stereocenters. The van der Waals surface area contributed by atoms with Gasteiger partial charge < -0.3 is 21.5 Å². The first-order valence-electron chi connectivity index (χ1n) is 7.90. The Morgan fingerprint density at radius 2 is 2.08 bits per heavy atom. The molecule has 0 saturated carbocycles. The Labute approximate surface area is 151 Å². The van der Waals surface area contributed by atoms with Crippen LogP contribution in [0.5, 0.6) is 0 Å². The summed E-state index contributed by atoms with van der Waals surface area (Å²) in [6.07, 6.45) is 1.11. The molecule has 0 radical (unpaired) electrons. The number of aromatic nitrogens is 2. The summed E-state index contributed by atoms with van der Waals surface area (Å²) in [5.41, 5.74) is 13.6. The number of nitrogen functional groups attached to an aromatic ring is 1. The lowest BCUT2D eigenvalue weighted by Crippen LogP contribution is -2.36. The zero-order valence-electron chi connectivity index (χ0n) is 13.3. The van der Waals surface area contributed by atoms with E-state index in [9.17, 15) is 9.90 Å². The number of fused-ring (bicyclic) bond motifs is 1. The molecule has 4 rings (SSSR count). The van der Waals surface area contributed by atoms with E-state index in [4.69, 9.17) is 16.5 Å². The fourth-order valence-electron chi connectivity index (χ4n) is 3.01. The van der Waals surface area contributed by atoms with Gasteiger partial charge in [0, 0.05) is 24.0 Å². The number of carbonyl (C=O) groups is 1. The van der Waals surface area contributed by atoms with Crippen LogP contribution in [0.4, 0.5) is 11.6 Å². The number of hydrogen-bond donors (Lipinski definition) is 3. The Morgan fingerprint density at radius 3 is 2.72 bits per heavy atom. The molecule has 0 bridgehead atoms. The maximum Gasteiger partial charge on any atom is 0.260 e. The van der Waals surface area contributed by atoms with Crippen molar-refractivity contribution in [2.45, 2.75) is 18.9 Å². The van der Waals surface area contributed by atoms with Crippen molar-refractivity contribution in [2.24, 2.45) is 5.73 Å². The van der Waals surface area contributed by atoms with E-state index in [1.54, 1.807) is 11.3 Å². The third-order valence-electron chi connectivity index (χ3n) is 4.34. The fourth-order valence-corrected chi connectivity index (χ4v) is 4.59. The molecule has 3 aromatic rings. The number of rotatable bonds is 3. The Balaban J connectivity index is 1.90. The molecule has 1 fully saturated rings. The monoisotopic (exact) mass is 375 g/mol. The number of primary amides is 1. The van der Waals surface area contributed by atoms with Crippen molar-refractivity contribution >= 4 is 50.4 Å². The Bertz CT molecular complexity index is 930. The SMILES string of the molecule is NC(=O)c1sc2nc(N3CCC(O)CC3)nc(-c3ccsc3)c2c1N. The first kappa shape index (κ1) is 16.2. The van der Waals surface area contributed by atoms with Gasteiger partial charge in [0.1, 0.15) is 9.71 Å². The van der Waals surface area contributed by atoms with Gasteiger partial charge in [-0.05, 0) is 24.3 Å². The van der Waals surface area contributed by atoms with Crippen molar-refractivity contribution in [1.82, 2.24) is 9.97 Å². The minimum Gasteiger partial charge on any atom is -0.397 e. The molecule has 1 amide bonds. The smallest absolute Gasteiger partial charge is 0.260 e. The van der Waals surface area contributed by atoms with Gasteiger partial charge in [0.05, 0.1) is 22.9 Å². The lowest BCUT2D eigenvalue weighted by Gasteiger charge is -2.29. The van der Waals surface area contributed by atoms with E-state index in [1.807, 2.05) is 16.8 Å². The van der Waals surface area contributed by atoms with E-state index in [2.05, 4.69) is 9.88 Å². The number of nitrogens with two attached hydrogens (primary N) is 2. The van der Waals surface area contributed by atoms with Crippen LogP contribution in [-0.4, -0.2) is 40.2 Å². The first-order chi connectivity index (χ1) is 12.0. The minimum atomic E-state index is -0.556. The van der Waals surface area contributed by atoms with Crippen molar-refractivity contribution in [3.63, 3.8) is 0 Å². The van der Waals surface area contributed by atoms with Crippen LogP contribution in [0.1, 0.15) is 22.5 Å². The zero-order chi connectivity index (χ0) is 17.6. The van der Waals surface area contributed by atoms with Crippen molar-refractivity contribution in [3.05, 3.63) is 21.7 Å². The molecule has 4 heterocycles. The van der Waals surface area contributed by atoms with Crippen LogP contribution in [0.2, 0.25) is 0 Å². The maximum atomic E-state index is 11.7. The van der Waals surface area contributed by atoms with E-state index in [0.717, 1.165) is 5.56 Å². The second-order valence-corrected chi connectivity index (χ2v) is 7.77. The summed E-state index contributed by atoms with van der Waals surface area (Å²) in [5.74, 6) is 0.0392. The highest BCUT2D eigenvalue weighted by atomic mass is 32.1. The van der Waals surface area contributed by atoms with Crippen LogP contribution < -0.4 is 16.4 Å². The highest BCUT2D eigenvalue weighted by Crippen LogP contribution is 2.40. The molecule has 1 aliphatic rings. The van der Waals surface area contributed by atoms with Crippen molar-refractivity contribution < 1.29 is 9.90 Å². The summed E-state index contributed by atoms with van der Waals surface area (Å²) in [7, 11) is 0. The lowest BCUT2D eigenvalue weighted by molar-refractivity contribution is 0.100. The van der Waals surface area contributed by atoms with Gasteiger partial charge in [-0.2, -0.15) is 11.3 Å². The Kier molecular flexibility index (Phi) is 4.06. The van der Waals surface area contributed by atoms with Crippen molar-refractivity contribution in [2.75, 3.05) is 23.7 Å². The molecule has 0 aromatic carbocycles. The summed E-state index contributed by atoms with van der Waals surface area (Å²) in [4.78, 5) is 24.1. The average Bonchev–Trinajstić information content (AvgIpc) is 3.23. The summed E-state index contributed by atoms with van der Waals surface area (Å²) in [6.45, 7) is 1.39. The lowest BCUT2D eigenvalue weighted by atomic mass is 10.1. The van der Waals surface area contributed by atoms with Gasteiger partial charge in [0.2, 0.25) is 5.95 Å². The largest absolute Gasteiger partial charge is 0.397 e. The minimum absolute atomic E-state index is 0.268. The van der Waals surface area contributed by atoms with Crippen LogP contribution >= 0.6 is 22.7 Å². The zero-order valence-corrected chi connectivity index (χ0v) is 14.9. The average molecular weight is 375 g/mol. The number of aliphatic hydroxyl groups is 1. The van der Waals surface area contributed by atoms with Crippen LogP contribution in [0.3, 0.4) is 0 Å². The standard InChI is InChI=1S/C16H17N5O2S2/c17-11-10-12(8-3-6-24-7-8)19-16(21-4-1-9(22)2-5-21)20-15(10)25-13(11)14(18)23/h3,6-7,9,22H,1-2,4-5,17H2,(H2,18,23). The maximum absolute atomic E-state index is 11.7. The van der Waals surface area contributed by atoms with E-state index in [-0.39, 0.29) is 6.10 Å². The van der Waals surface area contributed by atoms with Crippen molar-refractivity contribution in [3.8, 4) is 11.3 Å². The summed E-state index contributed by atoms with van der Waals surface area (Å²) < 4.78 is 0. The third-order valence-corrected chi connectivity index (χ3v) is 6.14. The predicted octanol–water partition coefficient (Wildman–Crippen LogP) is 2.06. The van der Waals surface area contributed by atoms with Gasteiger partial charge in [-0.25, -0.2) is 9.97 Å². The molecule has 0 unspecified atom stereocenters. The number of amides is 1. The highest BCUT2D eigenvalue weighted by Gasteiger charge is 2.24. The molecule has 5 N–H and O–H groups in total. The molecular weight excluding hydrogens is 358 g/mol. The number of aliphatic hydroxyl groups excluding tert-OH is 1. The van der Waals surface area contributed by atoms with E-state index >= 15 is 0 Å². The number of carbonyl (C=O) groups excluding carboxylic acids is 1. The number of piperidine rings is 1. The number of nitrogens with zero attached hydrogens (tertiary/aromatic N) is 3. The molecule has 130 valence electrons. The van der Waals surface area contributed by atoms with Crippen LogP contribution in [0, 0.1) is 0 Å². The summed E-state index contributed by atoms with van der Waals surface area (Å²) in [6, 6.07) is 1.97. The Hall–Kier alpha value is -2.23.